The van der Waals surface area contributed by atoms with Crippen molar-refractivity contribution in [3.05, 3.63) is 83.5 Å². The average Bonchev–Trinajstić information content (AvgIpc) is 3.44. The maximum atomic E-state index is 14.0. The van der Waals surface area contributed by atoms with Gasteiger partial charge in [0.1, 0.15) is 17.3 Å². The molecule has 0 saturated heterocycles. The minimum atomic E-state index is -4.96. The molecule has 4 rings (SSSR count). The summed E-state index contributed by atoms with van der Waals surface area (Å²) < 4.78 is 97.6. The molecular formula is C26H22F4N4O6S. The van der Waals surface area contributed by atoms with Gasteiger partial charge in [0.25, 0.3) is 0 Å². The first-order chi connectivity index (χ1) is 19.4. The predicted octanol–water partition coefficient (Wildman–Crippen LogP) is 4.57. The van der Waals surface area contributed by atoms with Gasteiger partial charge in [-0.1, -0.05) is 24.3 Å². The molecule has 2 N–H and O–H groups in total. The lowest BCUT2D eigenvalue weighted by atomic mass is 10.1. The lowest BCUT2D eigenvalue weighted by molar-refractivity contribution is -0.157. The highest BCUT2D eigenvalue weighted by Crippen LogP contribution is 2.34. The van der Waals surface area contributed by atoms with Crippen molar-refractivity contribution >= 4 is 21.6 Å². The highest BCUT2D eigenvalue weighted by Gasteiger charge is 2.38. The van der Waals surface area contributed by atoms with Gasteiger partial charge < -0.3 is 19.2 Å². The summed E-state index contributed by atoms with van der Waals surface area (Å²) in [6.07, 6.45) is -5.32. The fourth-order valence-electron chi connectivity index (χ4n) is 3.71. The van der Waals surface area contributed by atoms with Crippen LogP contribution in [0, 0.1) is 5.82 Å². The van der Waals surface area contributed by atoms with Gasteiger partial charge in [0, 0.05) is 23.9 Å². The number of nitrogens with one attached hydrogen (secondary N) is 2. The number of amides is 1. The predicted molar refractivity (Wildman–Crippen MR) is 137 cm³/mol. The number of carbonyl (C=O) groups excluding carboxylic acids is 1. The van der Waals surface area contributed by atoms with Gasteiger partial charge in [-0.3, -0.25) is 4.79 Å². The van der Waals surface area contributed by atoms with Crippen molar-refractivity contribution in [2.75, 3.05) is 19.5 Å². The summed E-state index contributed by atoms with van der Waals surface area (Å²) in [6.45, 7) is -0.281. The monoisotopic (exact) mass is 594 g/mol. The van der Waals surface area contributed by atoms with Crippen LogP contribution in [0.4, 0.5) is 23.2 Å². The van der Waals surface area contributed by atoms with E-state index in [0.717, 1.165) is 12.1 Å². The van der Waals surface area contributed by atoms with E-state index in [1.807, 2.05) is 0 Å². The van der Waals surface area contributed by atoms with Crippen molar-refractivity contribution in [2.24, 2.45) is 0 Å². The average molecular weight is 595 g/mol. The van der Waals surface area contributed by atoms with Crippen LogP contribution >= 0.6 is 0 Å². The van der Waals surface area contributed by atoms with Crippen LogP contribution in [-0.4, -0.2) is 38.7 Å². The third kappa shape index (κ3) is 6.99. The first-order valence-corrected chi connectivity index (χ1v) is 13.2. The molecule has 1 heterocycles. The number of methoxy groups -OCH3 is 2. The van der Waals surface area contributed by atoms with Crippen molar-refractivity contribution in [1.82, 2.24) is 14.9 Å². The number of hydrogen-bond donors (Lipinski definition) is 2. The van der Waals surface area contributed by atoms with E-state index in [4.69, 9.17) is 13.9 Å². The van der Waals surface area contributed by atoms with Gasteiger partial charge in [0.05, 0.1) is 31.1 Å². The Bertz CT molecular complexity index is 1670. The molecule has 0 aliphatic rings. The van der Waals surface area contributed by atoms with Crippen LogP contribution in [0.2, 0.25) is 0 Å². The smallest absolute Gasteiger partial charge is 0.470 e. The molecule has 0 saturated carbocycles. The normalized spacial score (nSPS) is 11.8. The molecule has 0 atom stereocenters. The Morgan fingerprint density at radius 2 is 1.73 bits per heavy atom. The molecule has 0 unspecified atom stereocenters. The van der Waals surface area contributed by atoms with Gasteiger partial charge in [-0.2, -0.15) is 13.2 Å². The van der Waals surface area contributed by atoms with Gasteiger partial charge in [-0.25, -0.2) is 17.5 Å². The highest BCUT2D eigenvalue weighted by atomic mass is 32.2. The topological polar surface area (TPSA) is 133 Å². The summed E-state index contributed by atoms with van der Waals surface area (Å²) in [5.74, 6) is -2.88. The Hall–Kier alpha value is -4.50. The zero-order valence-corrected chi connectivity index (χ0v) is 22.3. The van der Waals surface area contributed by atoms with Gasteiger partial charge in [-0.15, -0.1) is 10.2 Å². The Labute approximate surface area is 231 Å². The number of nitrogens with zero attached hydrogens (tertiary/aromatic N) is 2. The van der Waals surface area contributed by atoms with Gasteiger partial charge in [0.2, 0.25) is 21.8 Å². The van der Waals surface area contributed by atoms with E-state index >= 15 is 0 Å². The molecule has 0 radical (unpaired) electrons. The van der Waals surface area contributed by atoms with E-state index in [0.29, 0.717) is 17.1 Å². The van der Waals surface area contributed by atoms with Gasteiger partial charge in [-0.05, 0) is 35.9 Å². The molecule has 216 valence electrons. The van der Waals surface area contributed by atoms with Gasteiger partial charge >= 0.3 is 12.1 Å². The summed E-state index contributed by atoms with van der Waals surface area (Å²) in [6, 6.07) is 13.7. The molecule has 0 bridgehead atoms. The molecular weight excluding hydrogens is 572 g/mol. The number of benzene rings is 3. The first kappa shape index (κ1) is 29.5. The Morgan fingerprint density at radius 1 is 0.976 bits per heavy atom. The van der Waals surface area contributed by atoms with E-state index < -0.39 is 44.6 Å². The molecule has 0 aliphatic heterocycles. The molecule has 15 heteroatoms. The van der Waals surface area contributed by atoms with Crippen molar-refractivity contribution in [3.8, 4) is 23.0 Å². The number of alkyl halides is 3. The number of rotatable bonds is 10. The molecule has 3 aromatic carbocycles. The molecule has 10 nitrogen and oxygen atoms in total. The van der Waals surface area contributed by atoms with Crippen LogP contribution in [0.25, 0.3) is 11.5 Å². The van der Waals surface area contributed by atoms with Crippen LogP contribution < -0.4 is 19.5 Å². The molecule has 41 heavy (non-hydrogen) atoms. The number of sulfonamides is 1. The lowest BCUT2D eigenvalue weighted by Gasteiger charge is -2.14. The summed E-state index contributed by atoms with van der Waals surface area (Å²) in [4.78, 5) is 12.0. The third-order valence-electron chi connectivity index (χ3n) is 5.71. The zero-order valence-electron chi connectivity index (χ0n) is 21.5. The number of hydrogen-bond acceptors (Lipinski definition) is 8. The number of aromatic nitrogens is 2. The van der Waals surface area contributed by atoms with Crippen LogP contribution in [0.5, 0.6) is 11.5 Å². The van der Waals surface area contributed by atoms with E-state index in [9.17, 15) is 30.8 Å². The summed E-state index contributed by atoms with van der Waals surface area (Å²) >= 11 is 0. The highest BCUT2D eigenvalue weighted by molar-refractivity contribution is 7.89. The van der Waals surface area contributed by atoms with Crippen molar-refractivity contribution in [1.29, 1.82) is 0 Å². The number of ether oxygens (including phenoxy) is 2. The van der Waals surface area contributed by atoms with Crippen LogP contribution in [0.15, 0.2) is 70.0 Å². The van der Waals surface area contributed by atoms with Crippen LogP contribution in [0.1, 0.15) is 17.0 Å². The van der Waals surface area contributed by atoms with Gasteiger partial charge in [0.15, 0.2) is 0 Å². The van der Waals surface area contributed by atoms with E-state index in [2.05, 4.69) is 20.2 Å². The maximum absolute atomic E-state index is 14.0. The molecule has 0 spiro atoms. The third-order valence-corrected chi connectivity index (χ3v) is 7.15. The van der Waals surface area contributed by atoms with Crippen molar-refractivity contribution in [3.63, 3.8) is 0 Å². The summed E-state index contributed by atoms with van der Waals surface area (Å²) in [5, 5.41) is 8.78. The minimum absolute atomic E-state index is 0.0342. The minimum Gasteiger partial charge on any atom is -0.497 e. The number of anilines is 1. The first-order valence-electron chi connectivity index (χ1n) is 11.7. The molecule has 1 amide bonds. The Balaban J connectivity index is 1.68. The largest absolute Gasteiger partial charge is 0.497 e. The molecule has 4 aromatic rings. The molecule has 0 fully saturated rings. The quantitative estimate of drug-likeness (QED) is 0.255. The molecule has 0 aliphatic carbocycles. The second kappa shape index (κ2) is 11.9. The fraction of sp³-hybridized carbons (Fsp3) is 0.192. The summed E-state index contributed by atoms with van der Waals surface area (Å²) in [7, 11) is -1.66. The van der Waals surface area contributed by atoms with Crippen molar-refractivity contribution < 1.29 is 44.7 Å². The van der Waals surface area contributed by atoms with E-state index in [1.165, 1.54) is 44.6 Å². The number of halogens is 4. The lowest BCUT2D eigenvalue weighted by Crippen LogP contribution is -2.24. The van der Waals surface area contributed by atoms with Crippen LogP contribution in [-0.2, 0) is 34.0 Å². The zero-order chi connectivity index (χ0) is 29.8. The standard InChI is InChI=1S/C26H22F4N4O6S/c1-38-18-9-7-16(21(13-18)39-2)14-31-41(36,37)22-12-17(32-23(35)11-15-5-3-4-6-20(15)27)8-10-19(22)24-33-34-25(40-24)26(28,29)30/h3-10,12-13,31H,11,14H2,1-2H3,(H,32,35). The maximum Gasteiger partial charge on any atom is 0.470 e. The SMILES string of the molecule is COc1ccc(CNS(=O)(=O)c2cc(NC(=O)Cc3ccccc3F)ccc2-c2nnc(C(F)(F)F)o2)c(OC)c1. The molecule has 1 aromatic heterocycles. The van der Waals surface area contributed by atoms with Crippen LogP contribution in [0.3, 0.4) is 0 Å². The summed E-state index contributed by atoms with van der Waals surface area (Å²) in [5.41, 5.74) is 0.141. The fourth-order valence-corrected chi connectivity index (χ4v) is 4.94. The van der Waals surface area contributed by atoms with E-state index in [-0.39, 0.29) is 29.8 Å². The second-order valence-electron chi connectivity index (χ2n) is 8.44. The van der Waals surface area contributed by atoms with E-state index in [1.54, 1.807) is 18.2 Å². The number of carbonyl (C=O) groups is 1. The Morgan fingerprint density at radius 3 is 2.39 bits per heavy atom. The van der Waals surface area contributed by atoms with Crippen molar-refractivity contribution in [2.45, 2.75) is 24.0 Å². The Kier molecular flexibility index (Phi) is 8.58. The second-order valence-corrected chi connectivity index (χ2v) is 10.2.